The van der Waals surface area contributed by atoms with E-state index in [4.69, 9.17) is 0 Å². The van der Waals surface area contributed by atoms with E-state index in [1.165, 1.54) is 6.92 Å². The molecule has 0 fully saturated rings. The molecule has 0 unspecified atom stereocenters. The largest absolute Gasteiger partial charge is 0.456 e. The molecule has 0 aliphatic carbocycles. The van der Waals surface area contributed by atoms with Crippen LogP contribution in [0.5, 0.6) is 0 Å². The van der Waals surface area contributed by atoms with Crippen LogP contribution in [0.15, 0.2) is 35.3 Å². The third-order valence-corrected chi connectivity index (χ3v) is 3.37. The number of aromatic nitrogens is 2. The van der Waals surface area contributed by atoms with E-state index in [0.717, 1.165) is 5.56 Å². The summed E-state index contributed by atoms with van der Waals surface area (Å²) < 4.78 is 6.43. The van der Waals surface area contributed by atoms with Crippen LogP contribution in [0.3, 0.4) is 0 Å². The number of carbonyl (C=O) groups excluding carboxylic acids is 2. The van der Waals surface area contributed by atoms with Crippen molar-refractivity contribution in [2.24, 2.45) is 0 Å². The van der Waals surface area contributed by atoms with Gasteiger partial charge in [-0.1, -0.05) is 0 Å². The van der Waals surface area contributed by atoms with Crippen LogP contribution in [0.25, 0.3) is 0 Å². The highest BCUT2D eigenvalue weighted by Gasteiger charge is 2.16. The monoisotopic (exact) mass is 293 g/mol. The summed E-state index contributed by atoms with van der Waals surface area (Å²) in [5, 5.41) is 10.9. The number of hydrogen-bond donors (Lipinski definition) is 1. The van der Waals surface area contributed by atoms with Crippen molar-refractivity contribution < 1.29 is 14.3 Å². The van der Waals surface area contributed by atoms with Crippen molar-refractivity contribution >= 4 is 23.2 Å². The van der Waals surface area contributed by atoms with Gasteiger partial charge in [0, 0.05) is 25.9 Å². The fourth-order valence-electron chi connectivity index (χ4n) is 1.72. The summed E-state index contributed by atoms with van der Waals surface area (Å²) in [6.07, 6.45) is 3.54. The summed E-state index contributed by atoms with van der Waals surface area (Å²) in [6.45, 7) is 1.40. The van der Waals surface area contributed by atoms with Crippen LogP contribution >= 0.6 is 11.3 Å². The highest BCUT2D eigenvalue weighted by Crippen LogP contribution is 2.19. The molecule has 6 nitrogen and oxygen atoms in total. The zero-order valence-electron chi connectivity index (χ0n) is 11.0. The molecule has 1 amide bonds. The van der Waals surface area contributed by atoms with Gasteiger partial charge in [-0.05, 0) is 28.5 Å². The second-order valence-electron chi connectivity index (χ2n) is 4.14. The molecule has 0 bridgehead atoms. The van der Waals surface area contributed by atoms with Crippen molar-refractivity contribution in [3.8, 4) is 0 Å². The first-order chi connectivity index (χ1) is 9.66. The summed E-state index contributed by atoms with van der Waals surface area (Å²) in [4.78, 5) is 22.2. The van der Waals surface area contributed by atoms with Gasteiger partial charge in [0.2, 0.25) is 0 Å². The summed E-state index contributed by atoms with van der Waals surface area (Å²) in [7, 11) is 0. The van der Waals surface area contributed by atoms with E-state index in [2.05, 4.69) is 15.2 Å². The second-order valence-corrected chi connectivity index (χ2v) is 4.92. The van der Waals surface area contributed by atoms with Crippen molar-refractivity contribution in [1.29, 1.82) is 0 Å². The number of carbonyl (C=O) groups is 2. The van der Waals surface area contributed by atoms with Gasteiger partial charge in [0.25, 0.3) is 5.91 Å². The number of esters is 1. The van der Waals surface area contributed by atoms with Crippen LogP contribution < -0.4 is 5.32 Å². The van der Waals surface area contributed by atoms with Crippen molar-refractivity contribution in [3.05, 3.63) is 40.8 Å². The molecule has 2 aromatic rings. The van der Waals surface area contributed by atoms with Gasteiger partial charge in [-0.3, -0.25) is 14.3 Å². The minimum Gasteiger partial charge on any atom is -0.456 e. The summed E-state index contributed by atoms with van der Waals surface area (Å²) >= 11 is 1.59. The molecule has 1 N–H and O–H groups in total. The Kier molecular flexibility index (Phi) is 4.89. The third-order valence-electron chi connectivity index (χ3n) is 2.67. The highest BCUT2D eigenvalue weighted by atomic mass is 32.1. The van der Waals surface area contributed by atoms with Crippen LogP contribution in [0.4, 0.5) is 0 Å². The maximum Gasteiger partial charge on any atom is 0.303 e. The quantitative estimate of drug-likeness (QED) is 0.813. The van der Waals surface area contributed by atoms with Crippen LogP contribution in [0.2, 0.25) is 0 Å². The molecule has 0 spiro atoms. The summed E-state index contributed by atoms with van der Waals surface area (Å²) in [5.41, 5.74) is 1.08. The van der Waals surface area contributed by atoms with E-state index in [1.807, 2.05) is 29.1 Å². The Bertz CT molecular complexity index is 517. The number of hydrogen-bond acceptors (Lipinski definition) is 5. The molecular formula is C13H15N3O3S. The van der Waals surface area contributed by atoms with Gasteiger partial charge in [0.05, 0.1) is 6.04 Å². The first kappa shape index (κ1) is 14.3. The van der Waals surface area contributed by atoms with E-state index in [1.54, 1.807) is 22.2 Å². The Labute approximate surface area is 120 Å². The molecule has 7 heteroatoms. The number of ether oxygens (including phenoxy) is 1. The minimum atomic E-state index is -0.471. The van der Waals surface area contributed by atoms with E-state index in [-0.39, 0.29) is 18.6 Å². The lowest BCUT2D eigenvalue weighted by atomic mass is 10.1. The van der Waals surface area contributed by atoms with Crippen LogP contribution in [0.1, 0.15) is 18.5 Å². The maximum atomic E-state index is 11.6. The average molecular weight is 293 g/mol. The van der Waals surface area contributed by atoms with Gasteiger partial charge in [0.1, 0.15) is 0 Å². The number of nitrogens with one attached hydrogen (secondary N) is 1. The Morgan fingerprint density at radius 1 is 1.55 bits per heavy atom. The molecule has 1 atom stereocenters. The van der Waals surface area contributed by atoms with Gasteiger partial charge in [-0.15, -0.1) is 0 Å². The lowest BCUT2D eigenvalue weighted by molar-refractivity contribution is -0.146. The van der Waals surface area contributed by atoms with E-state index in [0.29, 0.717) is 6.54 Å². The molecule has 0 saturated heterocycles. The average Bonchev–Trinajstić information content (AvgIpc) is 3.09. The van der Waals surface area contributed by atoms with Gasteiger partial charge >= 0.3 is 5.97 Å². The number of thiophene rings is 1. The second kappa shape index (κ2) is 6.85. The molecule has 2 aromatic heterocycles. The zero-order valence-corrected chi connectivity index (χ0v) is 11.8. The van der Waals surface area contributed by atoms with Crippen molar-refractivity contribution in [3.63, 3.8) is 0 Å². The third kappa shape index (κ3) is 3.92. The molecule has 0 saturated carbocycles. The Balaban J connectivity index is 1.96. The van der Waals surface area contributed by atoms with Crippen LogP contribution in [-0.2, 0) is 14.3 Å². The van der Waals surface area contributed by atoms with Gasteiger partial charge in [-0.25, -0.2) is 0 Å². The molecule has 0 aromatic carbocycles. The van der Waals surface area contributed by atoms with E-state index < -0.39 is 5.97 Å². The smallest absolute Gasteiger partial charge is 0.303 e. The topological polar surface area (TPSA) is 73.2 Å². The molecule has 0 aliphatic rings. The van der Waals surface area contributed by atoms with Gasteiger partial charge in [-0.2, -0.15) is 16.4 Å². The Hall–Kier alpha value is -2.15. The first-order valence-electron chi connectivity index (χ1n) is 6.08. The normalized spacial score (nSPS) is 11.8. The van der Waals surface area contributed by atoms with Crippen LogP contribution in [-0.4, -0.2) is 34.8 Å². The molecular weight excluding hydrogens is 278 g/mol. The standard InChI is InChI=1S/C13H15N3O3S/c1-10(17)19-8-13(18)14-7-12(11-3-6-20-9-11)16-5-2-4-15-16/h2-6,9,12H,7-8H2,1H3,(H,14,18)/t12-/m0/s1. The lowest BCUT2D eigenvalue weighted by Crippen LogP contribution is -2.34. The van der Waals surface area contributed by atoms with Crippen LogP contribution in [0, 0.1) is 0 Å². The maximum absolute atomic E-state index is 11.6. The van der Waals surface area contributed by atoms with E-state index >= 15 is 0 Å². The van der Waals surface area contributed by atoms with E-state index in [9.17, 15) is 9.59 Å². The predicted molar refractivity (Wildman–Crippen MR) is 74.3 cm³/mol. The number of nitrogens with zero attached hydrogens (tertiary/aromatic N) is 2. The van der Waals surface area contributed by atoms with Gasteiger partial charge in [0.15, 0.2) is 6.61 Å². The Morgan fingerprint density at radius 2 is 2.40 bits per heavy atom. The minimum absolute atomic E-state index is 0.0717. The number of amides is 1. The Morgan fingerprint density at radius 3 is 3.00 bits per heavy atom. The molecule has 2 rings (SSSR count). The lowest BCUT2D eigenvalue weighted by Gasteiger charge is -2.17. The van der Waals surface area contributed by atoms with Crippen molar-refractivity contribution in [2.45, 2.75) is 13.0 Å². The summed E-state index contributed by atoms with van der Waals surface area (Å²) in [6, 6.07) is 3.76. The molecule has 2 heterocycles. The molecule has 0 radical (unpaired) electrons. The van der Waals surface area contributed by atoms with Gasteiger partial charge < -0.3 is 10.1 Å². The molecule has 20 heavy (non-hydrogen) atoms. The first-order valence-corrected chi connectivity index (χ1v) is 7.02. The highest BCUT2D eigenvalue weighted by molar-refractivity contribution is 7.07. The zero-order chi connectivity index (χ0) is 14.4. The molecule has 106 valence electrons. The van der Waals surface area contributed by atoms with Crippen molar-refractivity contribution in [1.82, 2.24) is 15.1 Å². The summed E-state index contributed by atoms with van der Waals surface area (Å²) in [5.74, 6) is -0.797. The SMILES string of the molecule is CC(=O)OCC(=O)NC[C@@H](c1ccsc1)n1cccn1. The number of rotatable bonds is 6. The van der Waals surface area contributed by atoms with Crippen molar-refractivity contribution in [2.75, 3.05) is 13.2 Å². The fraction of sp³-hybridized carbons (Fsp3) is 0.308. The predicted octanol–water partition coefficient (Wildman–Crippen LogP) is 1.21. The molecule has 0 aliphatic heterocycles. The fourth-order valence-corrected chi connectivity index (χ4v) is 2.43.